The highest BCUT2D eigenvalue weighted by Crippen LogP contribution is 2.26. The van der Waals surface area contributed by atoms with Crippen molar-refractivity contribution < 1.29 is 0 Å². The largest absolute Gasteiger partial charge is 0.380 e. The van der Waals surface area contributed by atoms with Crippen LogP contribution in [-0.2, 0) is 6.54 Å². The third-order valence-corrected chi connectivity index (χ3v) is 4.27. The fourth-order valence-electron chi connectivity index (χ4n) is 1.63. The molecule has 94 valence electrons. The molecule has 0 aliphatic rings. The predicted octanol–water partition coefficient (Wildman–Crippen LogP) is 5.79. The van der Waals surface area contributed by atoms with Crippen LogP contribution in [0.4, 0.5) is 5.69 Å². The number of hydrogen-bond donors (Lipinski definition) is 1. The second-order valence-corrected chi connectivity index (χ2v) is 6.22. The molecule has 0 unspecified atom stereocenters. The van der Waals surface area contributed by atoms with Crippen LogP contribution < -0.4 is 5.32 Å². The van der Waals surface area contributed by atoms with Gasteiger partial charge in [-0.2, -0.15) is 0 Å². The van der Waals surface area contributed by atoms with Gasteiger partial charge in [-0.25, -0.2) is 0 Å². The Bertz CT molecular complexity index is 570. The van der Waals surface area contributed by atoms with E-state index in [2.05, 4.69) is 62.3 Å². The molecular formula is C14H12Br2ClN. The van der Waals surface area contributed by atoms with E-state index in [1.807, 2.05) is 18.2 Å². The van der Waals surface area contributed by atoms with Gasteiger partial charge in [0.1, 0.15) is 0 Å². The lowest BCUT2D eigenvalue weighted by Gasteiger charge is -2.11. The Labute approximate surface area is 129 Å². The van der Waals surface area contributed by atoms with Gasteiger partial charge in [-0.15, -0.1) is 0 Å². The summed E-state index contributed by atoms with van der Waals surface area (Å²) in [5, 5.41) is 4.14. The van der Waals surface area contributed by atoms with Crippen molar-refractivity contribution in [3.8, 4) is 0 Å². The van der Waals surface area contributed by atoms with Gasteiger partial charge in [0.15, 0.2) is 0 Å². The minimum Gasteiger partial charge on any atom is -0.380 e. The first-order valence-electron chi connectivity index (χ1n) is 5.50. The summed E-state index contributed by atoms with van der Waals surface area (Å²) in [4.78, 5) is 0. The molecule has 0 heterocycles. The van der Waals surface area contributed by atoms with Crippen LogP contribution in [0.2, 0.25) is 5.02 Å². The average molecular weight is 390 g/mol. The fourth-order valence-corrected chi connectivity index (χ4v) is 2.85. The molecule has 0 aliphatic heterocycles. The summed E-state index contributed by atoms with van der Waals surface area (Å²) >= 11 is 13.1. The average Bonchev–Trinajstić information content (AvgIpc) is 2.32. The third kappa shape index (κ3) is 3.50. The maximum absolute atomic E-state index is 5.99. The third-order valence-electron chi connectivity index (χ3n) is 2.60. The second kappa shape index (κ2) is 6.09. The summed E-state index contributed by atoms with van der Waals surface area (Å²) in [5.74, 6) is 0. The molecule has 4 heteroatoms. The van der Waals surface area contributed by atoms with Crippen molar-refractivity contribution in [2.45, 2.75) is 13.5 Å². The standard InChI is InChI=1S/C14H12Br2ClN/c1-9-2-5-14(13(16)6-9)18-8-10-7-11(17)3-4-12(10)15/h2-7,18H,8H2,1H3. The van der Waals surface area contributed by atoms with E-state index in [9.17, 15) is 0 Å². The number of anilines is 1. The second-order valence-electron chi connectivity index (χ2n) is 4.07. The van der Waals surface area contributed by atoms with Crippen molar-refractivity contribution in [3.63, 3.8) is 0 Å². The van der Waals surface area contributed by atoms with E-state index < -0.39 is 0 Å². The van der Waals surface area contributed by atoms with E-state index in [-0.39, 0.29) is 0 Å². The van der Waals surface area contributed by atoms with Crippen molar-refractivity contribution >= 4 is 49.1 Å². The van der Waals surface area contributed by atoms with Gasteiger partial charge in [0.05, 0.1) is 0 Å². The first kappa shape index (κ1) is 13.9. The quantitative estimate of drug-likeness (QED) is 0.701. The summed E-state index contributed by atoms with van der Waals surface area (Å²) in [6.07, 6.45) is 0. The summed E-state index contributed by atoms with van der Waals surface area (Å²) in [7, 11) is 0. The Morgan fingerprint density at radius 2 is 1.83 bits per heavy atom. The van der Waals surface area contributed by atoms with Crippen LogP contribution in [0.25, 0.3) is 0 Å². The van der Waals surface area contributed by atoms with Gasteiger partial charge in [0, 0.05) is 26.2 Å². The Morgan fingerprint density at radius 3 is 2.56 bits per heavy atom. The number of nitrogens with one attached hydrogen (secondary N) is 1. The molecule has 2 aromatic carbocycles. The Morgan fingerprint density at radius 1 is 1.06 bits per heavy atom. The van der Waals surface area contributed by atoms with Crippen LogP contribution in [0.3, 0.4) is 0 Å². The molecule has 0 aliphatic carbocycles. The van der Waals surface area contributed by atoms with Crippen LogP contribution in [0.15, 0.2) is 45.3 Å². The molecule has 0 bridgehead atoms. The van der Waals surface area contributed by atoms with Crippen LogP contribution >= 0.6 is 43.5 Å². The highest BCUT2D eigenvalue weighted by atomic mass is 79.9. The van der Waals surface area contributed by atoms with E-state index in [4.69, 9.17) is 11.6 Å². The highest BCUT2D eigenvalue weighted by Gasteiger charge is 2.03. The normalized spacial score (nSPS) is 10.4. The Hall–Kier alpha value is -0.510. The van der Waals surface area contributed by atoms with Crippen LogP contribution in [0, 0.1) is 6.92 Å². The first-order valence-corrected chi connectivity index (χ1v) is 7.46. The van der Waals surface area contributed by atoms with Gasteiger partial charge < -0.3 is 5.32 Å². The van der Waals surface area contributed by atoms with Gasteiger partial charge in [0.2, 0.25) is 0 Å². The van der Waals surface area contributed by atoms with Crippen LogP contribution in [0.1, 0.15) is 11.1 Å². The van der Waals surface area contributed by atoms with Gasteiger partial charge >= 0.3 is 0 Å². The van der Waals surface area contributed by atoms with E-state index >= 15 is 0 Å². The summed E-state index contributed by atoms with van der Waals surface area (Å²) in [5.41, 5.74) is 3.44. The number of hydrogen-bond acceptors (Lipinski definition) is 1. The molecule has 0 spiro atoms. The smallest absolute Gasteiger partial charge is 0.0487 e. The first-order chi connectivity index (χ1) is 8.56. The molecule has 1 nitrogen and oxygen atoms in total. The molecule has 2 rings (SSSR count). The SMILES string of the molecule is Cc1ccc(NCc2cc(Cl)ccc2Br)c(Br)c1. The Kier molecular flexibility index (Phi) is 4.71. The molecule has 2 aromatic rings. The fraction of sp³-hybridized carbons (Fsp3) is 0.143. The van der Waals surface area contributed by atoms with Crippen molar-refractivity contribution in [1.82, 2.24) is 0 Å². The predicted molar refractivity (Wildman–Crippen MR) is 85.4 cm³/mol. The van der Waals surface area contributed by atoms with Gasteiger partial charge in [-0.05, 0) is 64.3 Å². The lowest BCUT2D eigenvalue weighted by Crippen LogP contribution is -2.01. The monoisotopic (exact) mass is 387 g/mol. The number of halogens is 3. The molecule has 0 atom stereocenters. The number of rotatable bonds is 3. The van der Waals surface area contributed by atoms with E-state index in [0.29, 0.717) is 0 Å². The van der Waals surface area contributed by atoms with E-state index in [0.717, 1.165) is 31.8 Å². The molecule has 0 saturated carbocycles. The number of aryl methyl sites for hydroxylation is 1. The minimum absolute atomic E-state index is 0.725. The molecule has 1 N–H and O–H groups in total. The highest BCUT2D eigenvalue weighted by molar-refractivity contribution is 9.11. The van der Waals surface area contributed by atoms with E-state index in [1.165, 1.54) is 5.56 Å². The van der Waals surface area contributed by atoms with Crippen molar-refractivity contribution in [2.24, 2.45) is 0 Å². The topological polar surface area (TPSA) is 12.0 Å². The number of benzene rings is 2. The molecule has 0 amide bonds. The van der Waals surface area contributed by atoms with Gasteiger partial charge in [-0.1, -0.05) is 33.6 Å². The summed E-state index contributed by atoms with van der Waals surface area (Å²) in [6, 6.07) is 12.0. The van der Waals surface area contributed by atoms with Gasteiger partial charge in [0.25, 0.3) is 0 Å². The van der Waals surface area contributed by atoms with Crippen LogP contribution in [0.5, 0.6) is 0 Å². The van der Waals surface area contributed by atoms with Crippen molar-refractivity contribution in [3.05, 3.63) is 61.5 Å². The van der Waals surface area contributed by atoms with Crippen LogP contribution in [-0.4, -0.2) is 0 Å². The minimum atomic E-state index is 0.725. The zero-order valence-electron chi connectivity index (χ0n) is 9.81. The van der Waals surface area contributed by atoms with Gasteiger partial charge in [-0.3, -0.25) is 0 Å². The molecule has 0 radical (unpaired) electrons. The molecule has 18 heavy (non-hydrogen) atoms. The van der Waals surface area contributed by atoms with E-state index in [1.54, 1.807) is 0 Å². The molecular weight excluding hydrogens is 377 g/mol. The zero-order valence-corrected chi connectivity index (χ0v) is 13.7. The zero-order chi connectivity index (χ0) is 13.1. The van der Waals surface area contributed by atoms with Crippen molar-refractivity contribution in [2.75, 3.05) is 5.32 Å². The molecule has 0 saturated heterocycles. The summed E-state index contributed by atoms with van der Waals surface area (Å²) in [6.45, 7) is 2.80. The maximum atomic E-state index is 5.99. The molecule has 0 fully saturated rings. The lowest BCUT2D eigenvalue weighted by atomic mass is 10.2. The molecule has 0 aromatic heterocycles. The Balaban J connectivity index is 2.13. The maximum Gasteiger partial charge on any atom is 0.0487 e. The summed E-state index contributed by atoms with van der Waals surface area (Å²) < 4.78 is 2.13. The lowest BCUT2D eigenvalue weighted by molar-refractivity contribution is 1.13. The van der Waals surface area contributed by atoms with Crippen molar-refractivity contribution in [1.29, 1.82) is 0 Å².